The molecule has 0 spiro atoms. The Kier molecular flexibility index (Phi) is 4.93. The van der Waals surface area contributed by atoms with E-state index >= 15 is 0 Å². The molecular weight excluding hydrogens is 236 g/mol. The molecule has 3 nitrogen and oxygen atoms in total. The summed E-state index contributed by atoms with van der Waals surface area (Å²) >= 11 is 0. The Morgan fingerprint density at radius 3 is 2.63 bits per heavy atom. The lowest BCUT2D eigenvalue weighted by Crippen LogP contribution is -2.19. The fourth-order valence-corrected chi connectivity index (χ4v) is 2.07. The Morgan fingerprint density at radius 1 is 1.16 bits per heavy atom. The molecule has 1 heterocycles. The summed E-state index contributed by atoms with van der Waals surface area (Å²) in [6.45, 7) is 2.84. The van der Waals surface area contributed by atoms with Crippen molar-refractivity contribution in [1.82, 2.24) is 10.3 Å². The predicted octanol–water partition coefficient (Wildman–Crippen LogP) is 3.18. The molecule has 0 saturated heterocycles. The van der Waals surface area contributed by atoms with Gasteiger partial charge in [-0.25, -0.2) is 0 Å². The fourth-order valence-electron chi connectivity index (χ4n) is 2.07. The van der Waals surface area contributed by atoms with Crippen molar-refractivity contribution in [3.63, 3.8) is 0 Å². The highest BCUT2D eigenvalue weighted by molar-refractivity contribution is 5.39. The van der Waals surface area contributed by atoms with E-state index in [1.54, 1.807) is 0 Å². The van der Waals surface area contributed by atoms with E-state index in [0.717, 1.165) is 30.0 Å². The summed E-state index contributed by atoms with van der Waals surface area (Å²) in [5, 5.41) is 3.31. The second-order valence-electron chi connectivity index (χ2n) is 4.36. The summed E-state index contributed by atoms with van der Waals surface area (Å²) in [5.41, 5.74) is 2.12. The third kappa shape index (κ3) is 3.32. The zero-order valence-electron chi connectivity index (χ0n) is 11.5. The van der Waals surface area contributed by atoms with Crippen LogP contribution in [0.2, 0.25) is 0 Å². The molecule has 1 N–H and O–H groups in total. The molecule has 2 rings (SSSR count). The summed E-state index contributed by atoms with van der Waals surface area (Å²) in [7, 11) is 1.94. The third-order valence-corrected chi connectivity index (χ3v) is 2.96. The maximum Gasteiger partial charge on any atom is 0.124 e. The summed E-state index contributed by atoms with van der Waals surface area (Å²) in [4.78, 5) is 4.43. The minimum atomic E-state index is 0.0502. The van der Waals surface area contributed by atoms with E-state index in [1.807, 2.05) is 49.6 Å². The molecule has 19 heavy (non-hydrogen) atoms. The molecule has 1 aromatic heterocycles. The molecule has 100 valence electrons. The molecule has 0 radical (unpaired) electrons. The van der Waals surface area contributed by atoms with Crippen LogP contribution >= 0.6 is 0 Å². The number of hydrogen-bond acceptors (Lipinski definition) is 3. The second-order valence-corrected chi connectivity index (χ2v) is 4.36. The number of hydrogen-bond donors (Lipinski definition) is 1. The molecule has 1 unspecified atom stereocenters. The van der Waals surface area contributed by atoms with E-state index in [4.69, 9.17) is 4.74 Å². The Bertz CT molecular complexity index is 499. The maximum atomic E-state index is 5.82. The molecule has 3 heteroatoms. The summed E-state index contributed by atoms with van der Waals surface area (Å²) < 4.78 is 5.82. The minimum Gasteiger partial charge on any atom is -0.493 e. The number of pyridine rings is 1. The summed E-state index contributed by atoms with van der Waals surface area (Å²) in [5.74, 6) is 0.925. The van der Waals surface area contributed by atoms with Gasteiger partial charge in [-0.3, -0.25) is 4.98 Å². The monoisotopic (exact) mass is 256 g/mol. The van der Waals surface area contributed by atoms with Crippen molar-refractivity contribution in [2.45, 2.75) is 19.4 Å². The van der Waals surface area contributed by atoms with Crippen molar-refractivity contribution in [1.29, 1.82) is 0 Å². The lowest BCUT2D eigenvalue weighted by atomic mass is 10.0. The van der Waals surface area contributed by atoms with E-state index in [0.29, 0.717) is 0 Å². The van der Waals surface area contributed by atoms with E-state index in [9.17, 15) is 0 Å². The van der Waals surface area contributed by atoms with Gasteiger partial charge in [-0.15, -0.1) is 0 Å². The van der Waals surface area contributed by atoms with Crippen LogP contribution in [0.3, 0.4) is 0 Å². The van der Waals surface area contributed by atoms with Crippen molar-refractivity contribution in [2.75, 3.05) is 13.7 Å². The molecule has 0 saturated carbocycles. The van der Waals surface area contributed by atoms with E-state index < -0.39 is 0 Å². The van der Waals surface area contributed by atoms with E-state index in [-0.39, 0.29) is 6.04 Å². The van der Waals surface area contributed by atoms with Gasteiger partial charge in [-0.2, -0.15) is 0 Å². The molecule has 0 aliphatic carbocycles. The molecule has 0 aliphatic rings. The van der Waals surface area contributed by atoms with E-state index in [1.165, 1.54) is 0 Å². The number of para-hydroxylation sites is 1. The van der Waals surface area contributed by atoms with Gasteiger partial charge in [-0.1, -0.05) is 31.2 Å². The normalized spacial score (nSPS) is 12.1. The molecule has 0 aliphatic heterocycles. The highest BCUT2D eigenvalue weighted by Crippen LogP contribution is 2.28. The maximum absolute atomic E-state index is 5.82. The molecule has 0 amide bonds. The van der Waals surface area contributed by atoms with Crippen molar-refractivity contribution in [3.05, 3.63) is 59.9 Å². The van der Waals surface area contributed by atoms with E-state index in [2.05, 4.69) is 23.3 Å². The first kappa shape index (κ1) is 13.6. The van der Waals surface area contributed by atoms with Crippen LogP contribution in [0.5, 0.6) is 5.75 Å². The Hall–Kier alpha value is -1.87. The van der Waals surface area contributed by atoms with Crippen LogP contribution in [0.4, 0.5) is 0 Å². The molecule has 1 atom stereocenters. The standard InChI is InChI=1S/C16H20N2O/c1-3-12-19-15-10-5-4-8-13(15)16(17-2)14-9-6-7-11-18-14/h4-11,16-17H,3,12H2,1-2H3. The van der Waals surface area contributed by atoms with Crippen LogP contribution in [0.1, 0.15) is 30.6 Å². The molecule has 2 aromatic rings. The van der Waals surface area contributed by atoms with Crippen molar-refractivity contribution in [2.24, 2.45) is 0 Å². The van der Waals surface area contributed by atoms with Gasteiger partial charge in [0.1, 0.15) is 5.75 Å². The molecule has 0 bridgehead atoms. The minimum absolute atomic E-state index is 0.0502. The SMILES string of the molecule is CCCOc1ccccc1C(NC)c1ccccn1. The average Bonchev–Trinajstić information content (AvgIpc) is 2.48. The number of nitrogens with zero attached hydrogens (tertiary/aromatic N) is 1. The zero-order chi connectivity index (χ0) is 13.5. The number of aromatic nitrogens is 1. The fraction of sp³-hybridized carbons (Fsp3) is 0.312. The van der Waals surface area contributed by atoms with Gasteiger partial charge in [0.05, 0.1) is 18.3 Å². The Morgan fingerprint density at radius 2 is 1.95 bits per heavy atom. The van der Waals surface area contributed by atoms with Crippen LogP contribution in [0, 0.1) is 0 Å². The van der Waals surface area contributed by atoms with Crippen LogP contribution in [-0.2, 0) is 0 Å². The lowest BCUT2D eigenvalue weighted by molar-refractivity contribution is 0.312. The van der Waals surface area contributed by atoms with Crippen molar-refractivity contribution >= 4 is 0 Å². The molecular formula is C16H20N2O. The molecule has 1 aromatic carbocycles. The predicted molar refractivity (Wildman–Crippen MR) is 77.4 cm³/mol. The van der Waals surface area contributed by atoms with Gasteiger partial charge < -0.3 is 10.1 Å². The average molecular weight is 256 g/mol. The molecule has 0 fully saturated rings. The van der Waals surface area contributed by atoms with Crippen LogP contribution in [0.25, 0.3) is 0 Å². The number of rotatable bonds is 6. The highest BCUT2D eigenvalue weighted by atomic mass is 16.5. The largest absolute Gasteiger partial charge is 0.493 e. The van der Waals surface area contributed by atoms with Crippen molar-refractivity contribution < 1.29 is 4.74 Å². The van der Waals surface area contributed by atoms with Crippen LogP contribution < -0.4 is 10.1 Å². The number of nitrogens with one attached hydrogen (secondary N) is 1. The topological polar surface area (TPSA) is 34.1 Å². The third-order valence-electron chi connectivity index (χ3n) is 2.96. The smallest absolute Gasteiger partial charge is 0.124 e. The second kappa shape index (κ2) is 6.90. The summed E-state index contributed by atoms with van der Waals surface area (Å²) in [6.07, 6.45) is 2.82. The number of ether oxygens (including phenoxy) is 1. The van der Waals surface area contributed by atoms with Gasteiger partial charge >= 0.3 is 0 Å². The number of benzene rings is 1. The Balaban J connectivity index is 2.33. The van der Waals surface area contributed by atoms with Gasteiger partial charge in [-0.05, 0) is 31.7 Å². The van der Waals surface area contributed by atoms with Gasteiger partial charge in [0.25, 0.3) is 0 Å². The highest BCUT2D eigenvalue weighted by Gasteiger charge is 2.17. The first-order chi connectivity index (χ1) is 9.36. The van der Waals surface area contributed by atoms with Crippen LogP contribution in [-0.4, -0.2) is 18.6 Å². The Labute approximate surface area is 114 Å². The van der Waals surface area contributed by atoms with Crippen molar-refractivity contribution in [3.8, 4) is 5.75 Å². The summed E-state index contributed by atoms with van der Waals surface area (Å²) in [6, 6.07) is 14.1. The lowest BCUT2D eigenvalue weighted by Gasteiger charge is -2.19. The zero-order valence-corrected chi connectivity index (χ0v) is 11.5. The first-order valence-electron chi connectivity index (χ1n) is 6.66. The van der Waals surface area contributed by atoms with Gasteiger partial charge in [0.15, 0.2) is 0 Å². The first-order valence-corrected chi connectivity index (χ1v) is 6.66. The van der Waals surface area contributed by atoms with Crippen LogP contribution in [0.15, 0.2) is 48.7 Å². The quantitative estimate of drug-likeness (QED) is 0.862. The van der Waals surface area contributed by atoms with Gasteiger partial charge in [0, 0.05) is 11.8 Å². The van der Waals surface area contributed by atoms with Gasteiger partial charge in [0.2, 0.25) is 0 Å².